The first kappa shape index (κ1) is 13.7. The summed E-state index contributed by atoms with van der Waals surface area (Å²) in [6, 6.07) is 2.09. The predicted molar refractivity (Wildman–Crippen MR) is 73.5 cm³/mol. The van der Waals surface area contributed by atoms with E-state index >= 15 is 0 Å². The number of rotatable bonds is 6. The number of nitrogens with two attached hydrogens (primary N) is 1. The van der Waals surface area contributed by atoms with Crippen LogP contribution in [0, 0.1) is 0 Å². The molecule has 0 atom stereocenters. The lowest BCUT2D eigenvalue weighted by Crippen LogP contribution is -2.27. The number of amides is 1. The summed E-state index contributed by atoms with van der Waals surface area (Å²) < 4.78 is 1.49. The largest absolute Gasteiger partial charge is 0.350 e. The molecule has 0 aliphatic heterocycles. The van der Waals surface area contributed by atoms with Crippen molar-refractivity contribution in [2.24, 2.45) is 5.73 Å². The van der Waals surface area contributed by atoms with Gasteiger partial charge in [-0.2, -0.15) is 0 Å². The standard InChI is InChI=1S/C12H17N5OS/c1-2-9-3-4-19-11(9)6-14-12(18)8-17-7-10(5-13)15-16-17/h3-4,7H,2,5-6,8,13H2,1H3,(H,14,18). The van der Waals surface area contributed by atoms with Gasteiger partial charge in [-0.05, 0) is 23.4 Å². The molecule has 0 aliphatic rings. The van der Waals surface area contributed by atoms with Crippen molar-refractivity contribution in [1.29, 1.82) is 0 Å². The maximum absolute atomic E-state index is 11.8. The molecule has 0 aromatic carbocycles. The van der Waals surface area contributed by atoms with Crippen LogP contribution in [0.4, 0.5) is 0 Å². The topological polar surface area (TPSA) is 85.8 Å². The fraction of sp³-hybridized carbons (Fsp3) is 0.417. The van der Waals surface area contributed by atoms with E-state index in [9.17, 15) is 4.79 Å². The van der Waals surface area contributed by atoms with Crippen LogP contribution in [0.3, 0.4) is 0 Å². The summed E-state index contributed by atoms with van der Waals surface area (Å²) >= 11 is 1.66. The van der Waals surface area contributed by atoms with E-state index in [1.54, 1.807) is 17.5 Å². The van der Waals surface area contributed by atoms with E-state index in [0.717, 1.165) is 6.42 Å². The Morgan fingerprint density at radius 2 is 2.42 bits per heavy atom. The van der Waals surface area contributed by atoms with Gasteiger partial charge in [-0.3, -0.25) is 4.79 Å². The van der Waals surface area contributed by atoms with Crippen molar-refractivity contribution in [2.75, 3.05) is 0 Å². The van der Waals surface area contributed by atoms with Gasteiger partial charge in [-0.25, -0.2) is 4.68 Å². The van der Waals surface area contributed by atoms with Crippen molar-refractivity contribution < 1.29 is 4.79 Å². The van der Waals surface area contributed by atoms with Crippen LogP contribution in [-0.2, 0) is 30.8 Å². The number of carbonyl (C=O) groups is 1. The number of aromatic nitrogens is 3. The highest BCUT2D eigenvalue weighted by Crippen LogP contribution is 2.16. The number of aryl methyl sites for hydroxylation is 1. The summed E-state index contributed by atoms with van der Waals surface area (Å²) in [6.45, 7) is 3.17. The van der Waals surface area contributed by atoms with Gasteiger partial charge in [0.25, 0.3) is 0 Å². The first-order valence-corrected chi connectivity index (χ1v) is 7.02. The molecule has 0 spiro atoms. The molecule has 0 unspecified atom stereocenters. The van der Waals surface area contributed by atoms with E-state index in [1.807, 2.05) is 5.38 Å². The highest BCUT2D eigenvalue weighted by atomic mass is 32.1. The average Bonchev–Trinajstić information content (AvgIpc) is 3.04. The minimum Gasteiger partial charge on any atom is -0.350 e. The second kappa shape index (κ2) is 6.44. The summed E-state index contributed by atoms with van der Waals surface area (Å²) in [5.74, 6) is -0.0797. The Labute approximate surface area is 115 Å². The van der Waals surface area contributed by atoms with Crippen LogP contribution in [-0.4, -0.2) is 20.9 Å². The number of nitrogens with one attached hydrogen (secondary N) is 1. The van der Waals surface area contributed by atoms with Gasteiger partial charge >= 0.3 is 0 Å². The zero-order chi connectivity index (χ0) is 13.7. The lowest BCUT2D eigenvalue weighted by atomic mass is 10.2. The molecule has 0 aliphatic carbocycles. The molecule has 2 aromatic heterocycles. The van der Waals surface area contributed by atoms with Crippen molar-refractivity contribution in [3.05, 3.63) is 33.8 Å². The lowest BCUT2D eigenvalue weighted by Gasteiger charge is -2.05. The van der Waals surface area contributed by atoms with Gasteiger partial charge in [0, 0.05) is 11.4 Å². The zero-order valence-electron chi connectivity index (χ0n) is 10.8. The Bertz CT molecular complexity index is 548. The van der Waals surface area contributed by atoms with Gasteiger partial charge in [-0.15, -0.1) is 16.4 Å². The Morgan fingerprint density at radius 3 is 3.11 bits per heavy atom. The van der Waals surface area contributed by atoms with Crippen LogP contribution < -0.4 is 11.1 Å². The van der Waals surface area contributed by atoms with Gasteiger partial charge in [0.1, 0.15) is 6.54 Å². The minimum absolute atomic E-state index is 0.0797. The van der Waals surface area contributed by atoms with Gasteiger partial charge in [0.2, 0.25) is 5.91 Å². The molecule has 0 saturated heterocycles. The molecule has 0 radical (unpaired) electrons. The SMILES string of the molecule is CCc1ccsc1CNC(=O)Cn1cc(CN)nn1. The molecule has 19 heavy (non-hydrogen) atoms. The third-order valence-corrected chi connectivity index (χ3v) is 3.73. The molecule has 0 bridgehead atoms. The second-order valence-corrected chi connectivity index (χ2v) is 5.11. The van der Waals surface area contributed by atoms with Crippen LogP contribution in [0.15, 0.2) is 17.6 Å². The van der Waals surface area contributed by atoms with Gasteiger partial charge in [-0.1, -0.05) is 12.1 Å². The number of carbonyl (C=O) groups excluding carboxylic acids is 1. The minimum atomic E-state index is -0.0797. The zero-order valence-corrected chi connectivity index (χ0v) is 11.6. The molecule has 2 heterocycles. The maximum atomic E-state index is 11.8. The fourth-order valence-corrected chi connectivity index (χ4v) is 2.64. The molecule has 1 amide bonds. The molecule has 0 fully saturated rings. The van der Waals surface area contributed by atoms with Crippen molar-refractivity contribution in [3.8, 4) is 0 Å². The van der Waals surface area contributed by atoms with Crippen LogP contribution in [0.5, 0.6) is 0 Å². The van der Waals surface area contributed by atoms with E-state index in [-0.39, 0.29) is 12.5 Å². The third-order valence-electron chi connectivity index (χ3n) is 2.77. The van der Waals surface area contributed by atoms with Crippen molar-refractivity contribution >= 4 is 17.2 Å². The van der Waals surface area contributed by atoms with Crippen molar-refractivity contribution in [1.82, 2.24) is 20.3 Å². The summed E-state index contributed by atoms with van der Waals surface area (Å²) in [5.41, 5.74) is 7.40. The van der Waals surface area contributed by atoms with Crippen molar-refractivity contribution in [3.63, 3.8) is 0 Å². The first-order chi connectivity index (χ1) is 9.22. The second-order valence-electron chi connectivity index (χ2n) is 4.11. The van der Waals surface area contributed by atoms with Crippen LogP contribution in [0.25, 0.3) is 0 Å². The molecule has 7 heteroatoms. The van der Waals surface area contributed by atoms with E-state index in [2.05, 4.69) is 28.6 Å². The van der Waals surface area contributed by atoms with E-state index in [0.29, 0.717) is 18.8 Å². The predicted octanol–water partition coefficient (Wildman–Crippen LogP) is 0.677. The van der Waals surface area contributed by atoms with Gasteiger partial charge < -0.3 is 11.1 Å². The first-order valence-electron chi connectivity index (χ1n) is 6.14. The number of hydrogen-bond donors (Lipinski definition) is 2. The Morgan fingerprint density at radius 1 is 1.58 bits per heavy atom. The highest BCUT2D eigenvalue weighted by molar-refractivity contribution is 7.10. The quantitative estimate of drug-likeness (QED) is 0.814. The normalized spacial score (nSPS) is 10.6. The molecule has 6 nitrogen and oxygen atoms in total. The lowest BCUT2D eigenvalue weighted by molar-refractivity contribution is -0.122. The third kappa shape index (κ3) is 3.62. The average molecular weight is 279 g/mol. The van der Waals surface area contributed by atoms with Crippen molar-refractivity contribution in [2.45, 2.75) is 33.0 Å². The maximum Gasteiger partial charge on any atom is 0.242 e. The highest BCUT2D eigenvalue weighted by Gasteiger charge is 2.07. The summed E-state index contributed by atoms with van der Waals surface area (Å²) in [4.78, 5) is 13.0. The smallest absolute Gasteiger partial charge is 0.242 e. The summed E-state index contributed by atoms with van der Waals surface area (Å²) in [5, 5.41) is 12.6. The Kier molecular flexibility index (Phi) is 4.64. The number of nitrogens with zero attached hydrogens (tertiary/aromatic N) is 3. The summed E-state index contributed by atoms with van der Waals surface area (Å²) in [6.07, 6.45) is 2.67. The molecule has 2 rings (SSSR count). The van der Waals surface area contributed by atoms with Crippen LogP contribution >= 0.6 is 11.3 Å². The van der Waals surface area contributed by atoms with E-state index in [1.165, 1.54) is 15.1 Å². The summed E-state index contributed by atoms with van der Waals surface area (Å²) in [7, 11) is 0. The van der Waals surface area contributed by atoms with Gasteiger partial charge in [0.05, 0.1) is 18.4 Å². The van der Waals surface area contributed by atoms with Crippen LogP contribution in [0.2, 0.25) is 0 Å². The number of thiophene rings is 1. The molecular weight excluding hydrogens is 262 g/mol. The molecule has 3 N–H and O–H groups in total. The Balaban J connectivity index is 1.84. The van der Waals surface area contributed by atoms with E-state index in [4.69, 9.17) is 5.73 Å². The monoisotopic (exact) mass is 279 g/mol. The fourth-order valence-electron chi connectivity index (χ4n) is 1.73. The molecular formula is C12H17N5OS. The van der Waals surface area contributed by atoms with E-state index < -0.39 is 0 Å². The Hall–Kier alpha value is -1.73. The molecule has 102 valence electrons. The molecule has 0 saturated carbocycles. The number of hydrogen-bond acceptors (Lipinski definition) is 5. The molecule has 2 aromatic rings. The van der Waals surface area contributed by atoms with Gasteiger partial charge in [0.15, 0.2) is 0 Å². The van der Waals surface area contributed by atoms with Crippen LogP contribution in [0.1, 0.15) is 23.1 Å².